The quantitative estimate of drug-likeness (QED) is 0.668. The van der Waals surface area contributed by atoms with Gasteiger partial charge < -0.3 is 14.7 Å². The summed E-state index contributed by atoms with van der Waals surface area (Å²) in [5.74, 6) is -0.0107. The van der Waals surface area contributed by atoms with E-state index in [1.165, 1.54) is 0 Å². The van der Waals surface area contributed by atoms with Crippen LogP contribution in [0.2, 0.25) is 0 Å². The number of aliphatic hydroxyl groups excluding tert-OH is 1. The predicted molar refractivity (Wildman–Crippen MR) is 52.9 cm³/mol. The van der Waals surface area contributed by atoms with Gasteiger partial charge in [0.05, 0.1) is 13.2 Å². The van der Waals surface area contributed by atoms with E-state index < -0.39 is 5.60 Å². The molecule has 82 valence electrons. The number of nitrogens with zero attached hydrogens (tertiary/aromatic N) is 1. The first-order valence-corrected chi connectivity index (χ1v) is 4.84. The number of hydrogen-bond donors (Lipinski definition) is 1. The monoisotopic (exact) mass is 201 g/mol. The molecule has 0 aliphatic carbocycles. The van der Waals surface area contributed by atoms with Crippen molar-refractivity contribution in [1.29, 1.82) is 0 Å². The number of hydrogen-bond acceptors (Lipinski definition) is 3. The molecule has 0 aromatic heterocycles. The molecule has 1 saturated heterocycles. The van der Waals surface area contributed by atoms with Crippen molar-refractivity contribution in [3.05, 3.63) is 0 Å². The number of rotatable bonds is 1. The van der Waals surface area contributed by atoms with Crippen LogP contribution in [0.3, 0.4) is 0 Å². The van der Waals surface area contributed by atoms with Crippen LogP contribution < -0.4 is 0 Å². The largest absolute Gasteiger partial charge is 0.393 e. The highest BCUT2D eigenvalue weighted by atomic mass is 16.5. The van der Waals surface area contributed by atoms with Crippen molar-refractivity contribution in [1.82, 2.24) is 4.90 Å². The van der Waals surface area contributed by atoms with Crippen LogP contribution in [0.15, 0.2) is 0 Å². The minimum Gasteiger partial charge on any atom is -0.393 e. The average Bonchev–Trinajstić information content (AvgIpc) is 2.08. The van der Waals surface area contributed by atoms with Crippen LogP contribution >= 0.6 is 0 Å². The smallest absolute Gasteiger partial charge is 0.249 e. The van der Waals surface area contributed by atoms with Gasteiger partial charge in [-0.3, -0.25) is 4.79 Å². The van der Waals surface area contributed by atoms with Gasteiger partial charge in [0.25, 0.3) is 0 Å². The molecule has 0 spiro atoms. The Balaban J connectivity index is 2.80. The first kappa shape index (κ1) is 11.5. The maximum absolute atomic E-state index is 11.6. The normalized spacial score (nSPS) is 29.5. The highest BCUT2D eigenvalue weighted by molar-refractivity contribution is 5.79. The van der Waals surface area contributed by atoms with Gasteiger partial charge in [0, 0.05) is 5.54 Å². The van der Waals surface area contributed by atoms with Crippen molar-refractivity contribution in [2.24, 2.45) is 0 Å². The van der Waals surface area contributed by atoms with Crippen LogP contribution in [0.5, 0.6) is 0 Å². The van der Waals surface area contributed by atoms with Gasteiger partial charge in [0.15, 0.2) is 0 Å². The lowest BCUT2D eigenvalue weighted by Gasteiger charge is -2.45. The van der Waals surface area contributed by atoms with E-state index in [1.807, 2.05) is 27.7 Å². The Labute approximate surface area is 84.8 Å². The number of carbonyl (C=O) groups excluding carboxylic acids is 1. The first-order chi connectivity index (χ1) is 6.28. The fourth-order valence-electron chi connectivity index (χ4n) is 1.49. The third-order valence-corrected chi connectivity index (χ3v) is 2.48. The second-order valence-corrected chi connectivity index (χ2v) is 5.05. The summed E-state index contributed by atoms with van der Waals surface area (Å²) in [6.07, 6.45) is 0. The fraction of sp³-hybridized carbons (Fsp3) is 0.900. The molecule has 1 atom stereocenters. The standard InChI is InChI=1S/C10H19NO3/c1-9(2,3)11-6-10(4,7-12)14-5-8(11)13/h12H,5-7H2,1-4H3. The number of morpholine rings is 1. The van der Waals surface area contributed by atoms with E-state index in [4.69, 9.17) is 9.84 Å². The van der Waals surface area contributed by atoms with Gasteiger partial charge in [-0.1, -0.05) is 0 Å². The molecular weight excluding hydrogens is 182 g/mol. The molecule has 0 aromatic carbocycles. The highest BCUT2D eigenvalue weighted by Gasteiger charge is 2.39. The van der Waals surface area contributed by atoms with E-state index in [2.05, 4.69) is 0 Å². The van der Waals surface area contributed by atoms with Crippen LogP contribution in [0.4, 0.5) is 0 Å². The van der Waals surface area contributed by atoms with Gasteiger partial charge in [-0.2, -0.15) is 0 Å². The van der Waals surface area contributed by atoms with Gasteiger partial charge >= 0.3 is 0 Å². The van der Waals surface area contributed by atoms with Crippen molar-refractivity contribution in [3.8, 4) is 0 Å². The van der Waals surface area contributed by atoms with Crippen LogP contribution in [-0.4, -0.2) is 46.8 Å². The Morgan fingerprint density at radius 2 is 2.14 bits per heavy atom. The molecule has 4 heteroatoms. The van der Waals surface area contributed by atoms with E-state index in [0.29, 0.717) is 6.54 Å². The van der Waals surface area contributed by atoms with Crippen molar-refractivity contribution >= 4 is 5.91 Å². The lowest BCUT2D eigenvalue weighted by molar-refractivity contribution is -0.175. The van der Waals surface area contributed by atoms with E-state index in [0.717, 1.165) is 0 Å². The maximum Gasteiger partial charge on any atom is 0.249 e. The Hall–Kier alpha value is -0.610. The minimum absolute atomic E-state index is 0.0107. The fourth-order valence-corrected chi connectivity index (χ4v) is 1.49. The molecule has 1 N–H and O–H groups in total. The molecule has 0 radical (unpaired) electrons. The van der Waals surface area contributed by atoms with E-state index in [9.17, 15) is 4.79 Å². The molecule has 0 bridgehead atoms. The average molecular weight is 201 g/mol. The summed E-state index contributed by atoms with van der Waals surface area (Å²) in [6.45, 7) is 8.21. The number of carbonyl (C=O) groups is 1. The highest BCUT2D eigenvalue weighted by Crippen LogP contribution is 2.24. The minimum atomic E-state index is -0.610. The molecule has 1 fully saturated rings. The van der Waals surface area contributed by atoms with Crippen molar-refractivity contribution in [2.75, 3.05) is 19.8 Å². The lowest BCUT2D eigenvalue weighted by atomic mass is 9.99. The van der Waals surface area contributed by atoms with Gasteiger partial charge in [-0.15, -0.1) is 0 Å². The van der Waals surface area contributed by atoms with Gasteiger partial charge in [0.1, 0.15) is 12.2 Å². The first-order valence-electron chi connectivity index (χ1n) is 4.84. The van der Waals surface area contributed by atoms with E-state index >= 15 is 0 Å². The molecule has 1 amide bonds. The second kappa shape index (κ2) is 3.51. The van der Waals surface area contributed by atoms with Gasteiger partial charge in [-0.05, 0) is 27.7 Å². The molecule has 0 aromatic rings. The Morgan fingerprint density at radius 3 is 2.57 bits per heavy atom. The number of amides is 1. The number of aliphatic hydroxyl groups is 1. The van der Waals surface area contributed by atoms with E-state index in [-0.39, 0.29) is 24.7 Å². The third-order valence-electron chi connectivity index (χ3n) is 2.48. The van der Waals surface area contributed by atoms with Gasteiger partial charge in [-0.25, -0.2) is 0 Å². The Bertz CT molecular complexity index is 234. The van der Waals surface area contributed by atoms with Crippen molar-refractivity contribution in [2.45, 2.75) is 38.8 Å². The topological polar surface area (TPSA) is 49.8 Å². The zero-order valence-corrected chi connectivity index (χ0v) is 9.33. The Morgan fingerprint density at radius 1 is 1.57 bits per heavy atom. The van der Waals surface area contributed by atoms with Gasteiger partial charge in [0.2, 0.25) is 5.91 Å². The lowest BCUT2D eigenvalue weighted by Crippen LogP contribution is -2.60. The second-order valence-electron chi connectivity index (χ2n) is 5.05. The molecule has 1 unspecified atom stereocenters. The molecule has 0 saturated carbocycles. The van der Waals surface area contributed by atoms with Crippen LogP contribution in [-0.2, 0) is 9.53 Å². The summed E-state index contributed by atoms with van der Waals surface area (Å²) >= 11 is 0. The SMILES string of the molecule is CC1(CO)CN(C(C)(C)C)C(=O)CO1. The van der Waals surface area contributed by atoms with Crippen molar-refractivity contribution < 1.29 is 14.6 Å². The zero-order valence-electron chi connectivity index (χ0n) is 9.33. The third kappa shape index (κ3) is 2.25. The molecule has 4 nitrogen and oxygen atoms in total. The summed E-state index contributed by atoms with van der Waals surface area (Å²) in [6, 6.07) is 0. The molecule has 1 aliphatic heterocycles. The summed E-state index contributed by atoms with van der Waals surface area (Å²) in [5.41, 5.74) is -0.821. The summed E-state index contributed by atoms with van der Waals surface area (Å²) in [5, 5.41) is 9.16. The predicted octanol–water partition coefficient (Wildman–Crippen LogP) is 0.395. The summed E-state index contributed by atoms with van der Waals surface area (Å²) < 4.78 is 5.31. The van der Waals surface area contributed by atoms with Crippen molar-refractivity contribution in [3.63, 3.8) is 0 Å². The molecule has 1 rings (SSSR count). The molecular formula is C10H19NO3. The molecule has 1 heterocycles. The number of ether oxygens (including phenoxy) is 1. The zero-order chi connectivity index (χ0) is 11.0. The molecule has 1 aliphatic rings. The maximum atomic E-state index is 11.6. The van der Waals surface area contributed by atoms with Crippen LogP contribution in [0.1, 0.15) is 27.7 Å². The summed E-state index contributed by atoms with van der Waals surface area (Å²) in [4.78, 5) is 13.3. The summed E-state index contributed by atoms with van der Waals surface area (Å²) in [7, 11) is 0. The van der Waals surface area contributed by atoms with E-state index in [1.54, 1.807) is 4.90 Å². The Kier molecular flexibility index (Phi) is 2.88. The van der Waals surface area contributed by atoms with Crippen LogP contribution in [0, 0.1) is 0 Å². The molecule has 14 heavy (non-hydrogen) atoms. The van der Waals surface area contributed by atoms with Crippen LogP contribution in [0.25, 0.3) is 0 Å².